The molecule has 0 aliphatic rings. The first-order valence-electron chi connectivity index (χ1n) is 6.65. The van der Waals surface area contributed by atoms with E-state index in [0.717, 1.165) is 31.4 Å². The Kier molecular flexibility index (Phi) is 4.29. The molecule has 4 heteroatoms. The van der Waals surface area contributed by atoms with Crippen LogP contribution in [0.15, 0.2) is 52.3 Å². The molecule has 1 atom stereocenters. The Morgan fingerprint density at radius 1 is 1.24 bits per heavy atom. The quantitative estimate of drug-likeness (QED) is 0.711. The molecule has 0 amide bonds. The number of aliphatic hydroxyl groups is 1. The van der Waals surface area contributed by atoms with Gasteiger partial charge >= 0.3 is 0 Å². The number of hydrogen-bond donors (Lipinski definition) is 1. The van der Waals surface area contributed by atoms with Crippen LogP contribution in [0.25, 0.3) is 10.8 Å². The van der Waals surface area contributed by atoms with Gasteiger partial charge in [0.2, 0.25) is 0 Å². The molecule has 0 saturated heterocycles. The number of methoxy groups -OCH3 is 1. The van der Waals surface area contributed by atoms with E-state index in [9.17, 15) is 5.11 Å². The lowest BCUT2D eigenvalue weighted by Crippen LogP contribution is -2.01. The maximum Gasteiger partial charge on any atom is 0.119 e. The van der Waals surface area contributed by atoms with Crippen molar-refractivity contribution in [2.24, 2.45) is 0 Å². The highest BCUT2D eigenvalue weighted by molar-refractivity contribution is 9.10. The number of hydrogen-bond acceptors (Lipinski definition) is 3. The normalized spacial score (nSPS) is 12.5. The third kappa shape index (κ3) is 2.98. The maximum absolute atomic E-state index is 10.5. The molecule has 1 aromatic heterocycles. The molecule has 0 aliphatic carbocycles. The molecule has 0 fully saturated rings. The van der Waals surface area contributed by atoms with Gasteiger partial charge in [-0.25, -0.2) is 0 Å². The molecule has 0 spiro atoms. The summed E-state index contributed by atoms with van der Waals surface area (Å²) >= 11 is 5.05. The maximum atomic E-state index is 10.5. The van der Waals surface area contributed by atoms with Crippen molar-refractivity contribution in [2.45, 2.75) is 12.5 Å². The lowest BCUT2D eigenvalue weighted by atomic mass is 9.99. The van der Waals surface area contributed by atoms with Crippen LogP contribution in [0.1, 0.15) is 16.5 Å². The van der Waals surface area contributed by atoms with E-state index >= 15 is 0 Å². The molecule has 21 heavy (non-hydrogen) atoms. The highest BCUT2D eigenvalue weighted by Crippen LogP contribution is 2.33. The van der Waals surface area contributed by atoms with E-state index in [0.29, 0.717) is 6.42 Å². The average molecular weight is 363 g/mol. The Morgan fingerprint density at radius 3 is 2.81 bits per heavy atom. The van der Waals surface area contributed by atoms with Gasteiger partial charge in [-0.3, -0.25) is 0 Å². The van der Waals surface area contributed by atoms with Crippen molar-refractivity contribution >= 4 is 38.0 Å². The first-order chi connectivity index (χ1) is 10.2. The summed E-state index contributed by atoms with van der Waals surface area (Å²) in [7, 11) is 1.67. The molecule has 0 aliphatic heterocycles. The van der Waals surface area contributed by atoms with Crippen molar-refractivity contribution in [3.05, 3.63) is 62.8 Å². The SMILES string of the molecule is COc1ccc2cccc(CC(O)c3sccc3Br)c2c1. The Balaban J connectivity index is 1.98. The van der Waals surface area contributed by atoms with E-state index in [1.807, 2.05) is 35.7 Å². The smallest absolute Gasteiger partial charge is 0.119 e. The monoisotopic (exact) mass is 362 g/mol. The van der Waals surface area contributed by atoms with Gasteiger partial charge in [-0.2, -0.15) is 0 Å². The van der Waals surface area contributed by atoms with Crippen LogP contribution >= 0.6 is 27.3 Å². The van der Waals surface area contributed by atoms with Gasteiger partial charge in [-0.15, -0.1) is 11.3 Å². The van der Waals surface area contributed by atoms with E-state index < -0.39 is 6.10 Å². The second kappa shape index (κ2) is 6.18. The van der Waals surface area contributed by atoms with Gasteiger partial charge in [0, 0.05) is 15.8 Å². The van der Waals surface area contributed by atoms with E-state index in [-0.39, 0.29) is 0 Å². The standard InChI is InChI=1S/C17H15BrO2S/c1-20-13-6-5-11-3-2-4-12(14(11)10-13)9-16(19)17-15(18)7-8-21-17/h2-8,10,16,19H,9H2,1H3. The van der Waals surface area contributed by atoms with Gasteiger partial charge in [-0.1, -0.05) is 24.3 Å². The van der Waals surface area contributed by atoms with Crippen molar-refractivity contribution in [3.8, 4) is 5.75 Å². The summed E-state index contributed by atoms with van der Waals surface area (Å²) in [5, 5.41) is 14.7. The fourth-order valence-corrected chi connectivity index (χ4v) is 4.09. The Bertz CT molecular complexity index is 766. The molecular weight excluding hydrogens is 348 g/mol. The van der Waals surface area contributed by atoms with Crippen molar-refractivity contribution < 1.29 is 9.84 Å². The van der Waals surface area contributed by atoms with Crippen LogP contribution in [0.3, 0.4) is 0 Å². The molecule has 1 heterocycles. The van der Waals surface area contributed by atoms with Gasteiger partial charge in [0.05, 0.1) is 13.2 Å². The Labute approximate surface area is 136 Å². The number of aliphatic hydroxyl groups excluding tert-OH is 1. The topological polar surface area (TPSA) is 29.5 Å². The van der Waals surface area contributed by atoms with Crippen LogP contribution in [0.2, 0.25) is 0 Å². The number of thiophene rings is 1. The minimum atomic E-state index is -0.504. The average Bonchev–Trinajstić information content (AvgIpc) is 2.93. The summed E-state index contributed by atoms with van der Waals surface area (Å²) in [6.45, 7) is 0. The fraction of sp³-hybridized carbons (Fsp3) is 0.176. The van der Waals surface area contributed by atoms with E-state index in [1.165, 1.54) is 0 Å². The second-order valence-electron chi connectivity index (χ2n) is 4.86. The Morgan fingerprint density at radius 2 is 2.10 bits per heavy atom. The van der Waals surface area contributed by atoms with Crippen molar-refractivity contribution in [1.29, 1.82) is 0 Å². The third-order valence-electron chi connectivity index (χ3n) is 3.54. The van der Waals surface area contributed by atoms with Gasteiger partial charge in [0.15, 0.2) is 0 Å². The van der Waals surface area contributed by atoms with Gasteiger partial charge in [-0.05, 0) is 55.8 Å². The van der Waals surface area contributed by atoms with Crippen LogP contribution in [-0.2, 0) is 6.42 Å². The highest BCUT2D eigenvalue weighted by atomic mass is 79.9. The van der Waals surface area contributed by atoms with Crippen LogP contribution in [-0.4, -0.2) is 12.2 Å². The van der Waals surface area contributed by atoms with Gasteiger partial charge < -0.3 is 9.84 Å². The van der Waals surface area contributed by atoms with Crippen molar-refractivity contribution in [3.63, 3.8) is 0 Å². The molecule has 0 bridgehead atoms. The van der Waals surface area contributed by atoms with E-state index in [2.05, 4.69) is 28.1 Å². The molecule has 108 valence electrons. The zero-order valence-corrected chi connectivity index (χ0v) is 13.9. The summed E-state index contributed by atoms with van der Waals surface area (Å²) in [5.74, 6) is 0.835. The zero-order chi connectivity index (χ0) is 14.8. The molecule has 2 nitrogen and oxygen atoms in total. The van der Waals surface area contributed by atoms with Gasteiger partial charge in [0.25, 0.3) is 0 Å². The number of rotatable bonds is 4. The van der Waals surface area contributed by atoms with Crippen LogP contribution in [0.4, 0.5) is 0 Å². The molecule has 0 radical (unpaired) electrons. The lowest BCUT2D eigenvalue weighted by Gasteiger charge is -2.13. The summed E-state index contributed by atoms with van der Waals surface area (Å²) in [6.07, 6.45) is 0.0834. The van der Waals surface area contributed by atoms with E-state index in [1.54, 1.807) is 18.4 Å². The largest absolute Gasteiger partial charge is 0.497 e. The van der Waals surface area contributed by atoms with E-state index in [4.69, 9.17) is 4.74 Å². The second-order valence-corrected chi connectivity index (χ2v) is 6.66. The molecule has 1 N–H and O–H groups in total. The summed E-state index contributed by atoms with van der Waals surface area (Å²) in [6, 6.07) is 14.2. The highest BCUT2D eigenvalue weighted by Gasteiger charge is 2.15. The Hall–Kier alpha value is -1.36. The summed E-state index contributed by atoms with van der Waals surface area (Å²) < 4.78 is 6.28. The number of halogens is 1. The zero-order valence-electron chi connectivity index (χ0n) is 11.5. The van der Waals surface area contributed by atoms with Crippen LogP contribution in [0, 0.1) is 0 Å². The number of fused-ring (bicyclic) bond motifs is 1. The van der Waals surface area contributed by atoms with Crippen molar-refractivity contribution in [1.82, 2.24) is 0 Å². The summed E-state index contributed by atoms with van der Waals surface area (Å²) in [4.78, 5) is 0.967. The molecule has 0 saturated carbocycles. The fourth-order valence-electron chi connectivity index (χ4n) is 2.47. The van der Waals surface area contributed by atoms with Crippen molar-refractivity contribution in [2.75, 3.05) is 7.11 Å². The first-order valence-corrected chi connectivity index (χ1v) is 8.33. The molecule has 1 unspecified atom stereocenters. The molecule has 3 rings (SSSR count). The van der Waals surface area contributed by atoms with Crippen LogP contribution in [0.5, 0.6) is 5.75 Å². The predicted octanol–water partition coefficient (Wildman–Crippen LogP) is 4.95. The molecule has 3 aromatic rings. The minimum Gasteiger partial charge on any atom is -0.497 e. The third-order valence-corrected chi connectivity index (χ3v) is 5.51. The van der Waals surface area contributed by atoms with Crippen LogP contribution < -0.4 is 4.74 Å². The number of benzene rings is 2. The summed E-state index contributed by atoms with van der Waals surface area (Å²) in [5.41, 5.74) is 1.12. The lowest BCUT2D eigenvalue weighted by molar-refractivity contribution is 0.182. The predicted molar refractivity (Wildman–Crippen MR) is 91.2 cm³/mol. The number of ether oxygens (including phenoxy) is 1. The molecular formula is C17H15BrO2S. The first kappa shape index (κ1) is 14.6. The van der Waals surface area contributed by atoms with Gasteiger partial charge in [0.1, 0.15) is 5.75 Å². The minimum absolute atomic E-state index is 0.504. The molecule has 2 aromatic carbocycles.